The molecule has 220 valence electrons. The van der Waals surface area contributed by atoms with Crippen LogP contribution >= 0.6 is 0 Å². The fourth-order valence-electron chi connectivity index (χ4n) is 3.37. The monoisotopic (exact) mass is 615 g/mol. The molecule has 0 amide bonds. The molecule has 0 aromatic carbocycles. The summed E-state index contributed by atoms with van der Waals surface area (Å²) in [7, 11) is -8.50. The van der Waals surface area contributed by atoms with Crippen LogP contribution in [0.25, 0.3) is 11.2 Å². The van der Waals surface area contributed by atoms with Crippen LogP contribution in [-0.2, 0) is 40.7 Å². The van der Waals surface area contributed by atoms with Crippen LogP contribution < -0.4 is 11.5 Å². The van der Waals surface area contributed by atoms with Crippen molar-refractivity contribution in [3.63, 3.8) is 0 Å². The van der Waals surface area contributed by atoms with Gasteiger partial charge < -0.3 is 31.5 Å². The molecular weight excluding hydrogens is 584 g/mol. The number of aliphatic carboxylic acids is 1. The SMILES string of the molecule is C[S+](CC[C@H](N)C(=O)O)C[C@H]1O[C@@H](n2cnc3c(N)ncnc32)[C@H](O)[C@@H]1O.O=S(=O)(O)/C=C/CCS(=O)(=O)O. The number of rotatable bonds is 11. The first-order valence-electron chi connectivity index (χ1n) is 11.1. The van der Waals surface area contributed by atoms with Crippen LogP contribution in [0.1, 0.15) is 19.1 Å². The third kappa shape index (κ3) is 10.2. The van der Waals surface area contributed by atoms with Gasteiger partial charge in [0.25, 0.3) is 20.2 Å². The molecule has 0 saturated carbocycles. The molecule has 2 aromatic heterocycles. The van der Waals surface area contributed by atoms with Crippen LogP contribution in [0.5, 0.6) is 0 Å². The van der Waals surface area contributed by atoms with Gasteiger partial charge in [-0.1, -0.05) is 6.08 Å². The number of carboxylic acid groups (broad SMARTS) is 1. The lowest BCUT2D eigenvalue weighted by atomic mass is 10.1. The number of carboxylic acids is 1. The van der Waals surface area contributed by atoms with E-state index < -0.39 is 62.5 Å². The second-order valence-corrected chi connectivity index (χ2v) is 13.7. The highest BCUT2D eigenvalue weighted by atomic mass is 32.2. The summed E-state index contributed by atoms with van der Waals surface area (Å²) in [5, 5.41) is 30.1. The smallest absolute Gasteiger partial charge is 0.320 e. The second kappa shape index (κ2) is 13.8. The van der Waals surface area contributed by atoms with Crippen molar-refractivity contribution >= 4 is 54.1 Å². The van der Waals surface area contributed by atoms with Crippen molar-refractivity contribution in [2.75, 3.05) is 29.2 Å². The second-order valence-electron chi connectivity index (χ2n) is 8.48. The van der Waals surface area contributed by atoms with Crippen molar-refractivity contribution < 1.29 is 50.8 Å². The Kier molecular flexibility index (Phi) is 11.6. The van der Waals surface area contributed by atoms with Crippen LogP contribution in [0.2, 0.25) is 0 Å². The van der Waals surface area contributed by atoms with Crippen LogP contribution in [0.4, 0.5) is 5.82 Å². The van der Waals surface area contributed by atoms with Gasteiger partial charge in [-0.25, -0.2) is 15.0 Å². The molecule has 20 heteroatoms. The summed E-state index contributed by atoms with van der Waals surface area (Å²) in [5.74, 6) is -0.316. The summed E-state index contributed by atoms with van der Waals surface area (Å²) in [6.45, 7) is 0. The van der Waals surface area contributed by atoms with Gasteiger partial charge in [-0.2, -0.15) is 16.8 Å². The Morgan fingerprint density at radius 2 is 1.87 bits per heavy atom. The number of allylic oxidation sites excluding steroid dienone is 1. The van der Waals surface area contributed by atoms with Crippen LogP contribution in [-0.4, -0.2) is 115 Å². The first kappa shape index (κ1) is 32.8. The van der Waals surface area contributed by atoms with E-state index in [2.05, 4.69) is 15.0 Å². The van der Waals surface area contributed by atoms with Gasteiger partial charge in [-0.15, -0.1) is 0 Å². The standard InChI is InChI=1S/C15H22N6O5S.C4H8O6S2/c1-27(3-2-7(16)15(24)25)4-8-10(22)11(23)14(26-8)21-6-20-9-12(17)18-5-19-13(9)21;5-11(6,7)3-1-2-4-12(8,9)10/h5-8,10-11,14,22-23H,2-4,16H2,1H3,(H2-,17,18,19,24,25);1,3H,2,4H2,(H,5,6,7)(H,8,9,10)/p+1/b;3-1+/t7-,8+,10+,11+,14+,27?;/m0./s1. The van der Waals surface area contributed by atoms with E-state index in [9.17, 15) is 31.8 Å². The number of hydrogen-bond acceptors (Lipinski definition) is 13. The molecule has 6 atom stereocenters. The molecule has 0 bridgehead atoms. The molecule has 2 aromatic rings. The van der Waals surface area contributed by atoms with Crippen molar-refractivity contribution in [3.05, 3.63) is 24.1 Å². The van der Waals surface area contributed by atoms with Gasteiger partial charge in [-0.3, -0.25) is 18.5 Å². The zero-order valence-electron chi connectivity index (χ0n) is 20.6. The average molecular weight is 616 g/mol. The van der Waals surface area contributed by atoms with E-state index in [1.54, 1.807) is 0 Å². The highest BCUT2D eigenvalue weighted by molar-refractivity contribution is 7.96. The van der Waals surface area contributed by atoms with E-state index in [0.717, 1.165) is 6.08 Å². The Hall–Kier alpha value is -2.43. The molecule has 17 nitrogen and oxygen atoms in total. The van der Waals surface area contributed by atoms with E-state index in [4.69, 9.17) is 30.4 Å². The van der Waals surface area contributed by atoms with E-state index in [0.29, 0.717) is 34.5 Å². The summed E-state index contributed by atoms with van der Waals surface area (Å²) >= 11 is 0. The molecule has 0 radical (unpaired) electrons. The van der Waals surface area contributed by atoms with Gasteiger partial charge in [0.15, 0.2) is 17.7 Å². The van der Waals surface area contributed by atoms with Crippen molar-refractivity contribution in [2.45, 2.75) is 43.4 Å². The van der Waals surface area contributed by atoms with E-state index in [-0.39, 0.29) is 23.1 Å². The molecule has 39 heavy (non-hydrogen) atoms. The molecule has 0 spiro atoms. The minimum Gasteiger partial charge on any atom is -0.480 e. The summed E-state index contributed by atoms with van der Waals surface area (Å²) in [4.78, 5) is 23.0. The number of imidazole rings is 1. The highest BCUT2D eigenvalue weighted by Gasteiger charge is 2.46. The first-order valence-corrected chi connectivity index (χ1v) is 16.2. The maximum atomic E-state index is 10.8. The van der Waals surface area contributed by atoms with Gasteiger partial charge in [-0.05, 0) is 17.3 Å². The fourth-order valence-corrected chi connectivity index (χ4v) is 5.85. The van der Waals surface area contributed by atoms with Crippen LogP contribution in [0, 0.1) is 0 Å². The lowest BCUT2D eigenvalue weighted by molar-refractivity contribution is -0.138. The van der Waals surface area contributed by atoms with Crippen molar-refractivity contribution in [3.8, 4) is 0 Å². The Morgan fingerprint density at radius 1 is 1.21 bits per heavy atom. The third-order valence-electron chi connectivity index (χ3n) is 5.35. The number of nitrogen functional groups attached to an aromatic ring is 1. The summed E-state index contributed by atoms with van der Waals surface area (Å²) in [6, 6.07) is -0.907. The Balaban J connectivity index is 0.000000377. The molecule has 1 unspecified atom stereocenters. The molecule has 1 saturated heterocycles. The Bertz CT molecular complexity index is 1370. The quantitative estimate of drug-likeness (QED) is 0.104. The number of anilines is 1. The van der Waals surface area contributed by atoms with Crippen LogP contribution in [0.3, 0.4) is 0 Å². The van der Waals surface area contributed by atoms with Gasteiger partial charge >= 0.3 is 5.97 Å². The fraction of sp³-hybridized carbons (Fsp3) is 0.579. The minimum absolute atomic E-state index is 0.168. The van der Waals surface area contributed by atoms with E-state index >= 15 is 0 Å². The van der Waals surface area contributed by atoms with Crippen molar-refractivity contribution in [2.24, 2.45) is 5.73 Å². The zero-order chi connectivity index (χ0) is 29.5. The number of aliphatic hydroxyl groups excluding tert-OH is 2. The molecule has 3 rings (SSSR count). The lowest BCUT2D eigenvalue weighted by Crippen LogP contribution is -2.37. The molecule has 9 N–H and O–H groups in total. The van der Waals surface area contributed by atoms with Crippen molar-refractivity contribution in [1.82, 2.24) is 19.5 Å². The highest BCUT2D eigenvalue weighted by Crippen LogP contribution is 2.32. The van der Waals surface area contributed by atoms with Gasteiger partial charge in [0.2, 0.25) is 0 Å². The maximum Gasteiger partial charge on any atom is 0.320 e. The maximum absolute atomic E-state index is 10.8. The molecule has 1 aliphatic heterocycles. The van der Waals surface area contributed by atoms with Gasteiger partial charge in [0.1, 0.15) is 47.7 Å². The van der Waals surface area contributed by atoms with Crippen molar-refractivity contribution in [1.29, 1.82) is 0 Å². The minimum atomic E-state index is -4.20. The molecule has 0 aliphatic carbocycles. The number of fused-ring (bicyclic) bond motifs is 1. The normalized spacial score (nSPS) is 23.4. The predicted molar refractivity (Wildman–Crippen MR) is 141 cm³/mol. The van der Waals surface area contributed by atoms with E-state index in [1.807, 2.05) is 6.26 Å². The molecule has 1 fully saturated rings. The average Bonchev–Trinajstić information content (AvgIpc) is 3.37. The van der Waals surface area contributed by atoms with Gasteiger partial charge in [0.05, 0.1) is 23.7 Å². The molecular formula is C19H31N6O11S3+. The molecule has 1 aliphatic rings. The number of aromatic nitrogens is 4. The summed E-state index contributed by atoms with van der Waals surface area (Å²) in [5.41, 5.74) is 12.1. The number of nitrogens with two attached hydrogens (primary N) is 2. The summed E-state index contributed by atoms with van der Waals surface area (Å²) in [6.07, 6.45) is 2.07. The largest absolute Gasteiger partial charge is 0.480 e. The Morgan fingerprint density at radius 3 is 2.46 bits per heavy atom. The topological polar surface area (TPSA) is 291 Å². The lowest BCUT2D eigenvalue weighted by Gasteiger charge is -2.16. The number of carbonyl (C=O) groups is 1. The number of nitrogens with zero attached hydrogens (tertiary/aromatic N) is 4. The molecule has 3 heterocycles. The first-order chi connectivity index (χ1) is 18.0. The van der Waals surface area contributed by atoms with Gasteiger partial charge in [0, 0.05) is 6.42 Å². The zero-order valence-corrected chi connectivity index (χ0v) is 23.0. The number of aliphatic hydroxyl groups is 2. The number of ether oxygens (including phenoxy) is 1. The number of hydrogen-bond donors (Lipinski definition) is 7. The predicted octanol–water partition coefficient (Wildman–Crippen LogP) is -2.26. The third-order valence-corrected chi connectivity index (χ3v) is 8.47. The summed E-state index contributed by atoms with van der Waals surface area (Å²) < 4.78 is 63.9. The van der Waals surface area contributed by atoms with Crippen LogP contribution in [0.15, 0.2) is 24.1 Å². The Labute approximate surface area is 226 Å². The van der Waals surface area contributed by atoms with E-state index in [1.165, 1.54) is 17.2 Å².